The molecule has 0 spiro atoms. The molecule has 0 saturated heterocycles. The Balaban J connectivity index is 1.36. The molecule has 10 nitrogen and oxygen atoms in total. The number of carbonyl (C=O) groups is 4. The highest BCUT2D eigenvalue weighted by molar-refractivity contribution is 8.22. The summed E-state index contributed by atoms with van der Waals surface area (Å²) in [6.45, 7) is 11.3. The number of phenols is 1. The number of amides is 4. The molecule has 2 aliphatic rings. The van der Waals surface area contributed by atoms with Crippen LogP contribution in [0.25, 0.3) is 0 Å². The van der Waals surface area contributed by atoms with E-state index in [9.17, 15) is 24.3 Å². The van der Waals surface area contributed by atoms with Crippen LogP contribution in [-0.4, -0.2) is 68.7 Å². The number of carbonyl (C=O) groups excluding carboxylic acids is 4. The molecule has 4 atom stereocenters. The van der Waals surface area contributed by atoms with Gasteiger partial charge in [0.1, 0.15) is 21.1 Å². The monoisotopic (exact) mass is 667 g/mol. The lowest BCUT2D eigenvalue weighted by Gasteiger charge is -2.22. The van der Waals surface area contributed by atoms with Gasteiger partial charge in [0.15, 0.2) is 0 Å². The van der Waals surface area contributed by atoms with E-state index in [2.05, 4.69) is 40.0 Å². The number of anilines is 1. The number of aromatic hydroxyl groups is 1. The molecule has 2 aromatic carbocycles. The zero-order valence-corrected chi connectivity index (χ0v) is 28.8. The van der Waals surface area contributed by atoms with E-state index in [-0.39, 0.29) is 48.3 Å². The van der Waals surface area contributed by atoms with Crippen LogP contribution in [0.4, 0.5) is 5.69 Å². The van der Waals surface area contributed by atoms with Gasteiger partial charge in [-0.05, 0) is 73.9 Å². The van der Waals surface area contributed by atoms with E-state index < -0.39 is 22.9 Å². The van der Waals surface area contributed by atoms with Crippen LogP contribution in [0.5, 0.6) is 5.75 Å². The van der Waals surface area contributed by atoms with Crippen molar-refractivity contribution in [2.75, 3.05) is 25.0 Å². The highest BCUT2D eigenvalue weighted by Crippen LogP contribution is 2.52. The number of thiocarbonyl (C=S) groups is 1. The molecule has 5 N–H and O–H groups in total. The molecular formula is C34H45N5O5S2. The van der Waals surface area contributed by atoms with Crippen molar-refractivity contribution >= 4 is 57.6 Å². The van der Waals surface area contributed by atoms with Crippen LogP contribution in [0.2, 0.25) is 0 Å². The Labute approximate surface area is 280 Å². The molecule has 4 rings (SSSR count). The van der Waals surface area contributed by atoms with Crippen LogP contribution in [0, 0.1) is 11.8 Å². The first-order valence-electron chi connectivity index (χ1n) is 15.9. The third-order valence-corrected chi connectivity index (χ3v) is 10.5. The lowest BCUT2D eigenvalue weighted by atomic mass is 10.0. The Morgan fingerprint density at radius 2 is 1.54 bits per heavy atom. The summed E-state index contributed by atoms with van der Waals surface area (Å²) in [5.41, 5.74) is 0.253. The summed E-state index contributed by atoms with van der Waals surface area (Å²) in [6.07, 6.45) is 1.07. The quantitative estimate of drug-likeness (QED) is 0.188. The number of nitrogens with zero attached hydrogens (tertiary/aromatic N) is 1. The second kappa shape index (κ2) is 14.8. The van der Waals surface area contributed by atoms with E-state index in [1.54, 1.807) is 30.8 Å². The van der Waals surface area contributed by atoms with Gasteiger partial charge in [0, 0.05) is 36.9 Å². The highest BCUT2D eigenvalue weighted by atomic mass is 32.2. The van der Waals surface area contributed by atoms with Crippen molar-refractivity contribution in [2.45, 2.75) is 76.6 Å². The number of phenolic OH excluding ortho intramolecular Hbond substituents is 1. The van der Waals surface area contributed by atoms with Crippen molar-refractivity contribution in [2.24, 2.45) is 11.8 Å². The number of benzene rings is 2. The summed E-state index contributed by atoms with van der Waals surface area (Å²) < 4.78 is 0.861. The number of rotatable bonds is 14. The SMILES string of the molecule is CCC(=O)NC1(C(=O)NCC(=O)NC2(C(=O)Nc3ccc(CSC(=S)N(CC)CC)cc3)CC2C(C)C)C[C@@H]1c1ccc(O)cc1. The maximum absolute atomic E-state index is 13.6. The lowest BCUT2D eigenvalue weighted by molar-refractivity contribution is -0.132. The number of nitrogens with one attached hydrogen (secondary N) is 4. The largest absolute Gasteiger partial charge is 0.508 e. The van der Waals surface area contributed by atoms with Crippen LogP contribution in [-0.2, 0) is 24.9 Å². The molecule has 2 aliphatic carbocycles. The first-order valence-corrected chi connectivity index (χ1v) is 17.3. The summed E-state index contributed by atoms with van der Waals surface area (Å²) in [5.74, 6) is -0.878. The minimum atomic E-state index is -1.18. The van der Waals surface area contributed by atoms with Gasteiger partial charge in [0.2, 0.25) is 23.6 Å². The minimum Gasteiger partial charge on any atom is -0.508 e. The molecule has 3 unspecified atom stereocenters. The summed E-state index contributed by atoms with van der Waals surface area (Å²) in [6, 6.07) is 14.1. The minimum absolute atomic E-state index is 0.0543. The Bertz CT molecular complexity index is 1450. The molecule has 0 aliphatic heterocycles. The zero-order chi connectivity index (χ0) is 33.6. The fraction of sp³-hybridized carbons (Fsp3) is 0.500. The standard InChI is InChI=1S/C34H45N5O5S2/c1-6-28(41)37-34(18-27(34)23-11-15-25(40)16-12-23)30(43)35-19-29(42)38-33(17-26(33)21(4)5)31(44)36-24-13-9-22(10-14-24)20-46-32(45)39(7-2)8-3/h9-16,21,26-27,40H,6-8,17-20H2,1-5H3,(H,35,43)(H,36,44)(H,37,41)(H,38,42)/t26?,27-,33?,34?/m1/s1. The Hall–Kier alpha value is -3.64. The Morgan fingerprint density at radius 1 is 0.913 bits per heavy atom. The molecule has 248 valence electrons. The van der Waals surface area contributed by atoms with Crippen molar-refractivity contribution in [3.05, 3.63) is 59.7 Å². The van der Waals surface area contributed by atoms with Gasteiger partial charge in [-0.3, -0.25) is 19.2 Å². The molecule has 12 heteroatoms. The molecule has 46 heavy (non-hydrogen) atoms. The topological polar surface area (TPSA) is 140 Å². The summed E-state index contributed by atoms with van der Waals surface area (Å²) in [4.78, 5) is 54.6. The van der Waals surface area contributed by atoms with Gasteiger partial charge < -0.3 is 31.3 Å². The second-order valence-electron chi connectivity index (χ2n) is 12.4. The van der Waals surface area contributed by atoms with Crippen molar-refractivity contribution in [1.29, 1.82) is 0 Å². The van der Waals surface area contributed by atoms with E-state index in [0.717, 1.165) is 34.3 Å². The van der Waals surface area contributed by atoms with E-state index in [4.69, 9.17) is 12.2 Å². The fourth-order valence-corrected chi connectivity index (χ4v) is 7.32. The molecule has 2 aromatic rings. The number of hydrogen-bond donors (Lipinski definition) is 5. The third kappa shape index (κ3) is 8.01. The van der Waals surface area contributed by atoms with Crippen molar-refractivity contribution in [1.82, 2.24) is 20.9 Å². The molecule has 0 heterocycles. The van der Waals surface area contributed by atoms with Gasteiger partial charge in [0.05, 0.1) is 6.54 Å². The van der Waals surface area contributed by atoms with Crippen molar-refractivity contribution < 1.29 is 24.3 Å². The van der Waals surface area contributed by atoms with E-state index in [1.165, 1.54) is 12.1 Å². The summed E-state index contributed by atoms with van der Waals surface area (Å²) >= 11 is 7.13. The van der Waals surface area contributed by atoms with Gasteiger partial charge in [-0.1, -0.05) is 69.0 Å². The van der Waals surface area contributed by atoms with Crippen LogP contribution < -0.4 is 21.3 Å². The Morgan fingerprint density at radius 3 is 2.11 bits per heavy atom. The predicted molar refractivity (Wildman–Crippen MR) is 185 cm³/mol. The number of thioether (sulfide) groups is 1. The predicted octanol–water partition coefficient (Wildman–Crippen LogP) is 4.29. The molecule has 0 bridgehead atoms. The molecule has 0 aromatic heterocycles. The maximum atomic E-state index is 13.6. The van der Waals surface area contributed by atoms with Gasteiger partial charge >= 0.3 is 0 Å². The van der Waals surface area contributed by atoms with Crippen LogP contribution in [0.3, 0.4) is 0 Å². The van der Waals surface area contributed by atoms with Crippen LogP contribution in [0.15, 0.2) is 48.5 Å². The van der Waals surface area contributed by atoms with Gasteiger partial charge in [-0.25, -0.2) is 0 Å². The molecule has 2 saturated carbocycles. The zero-order valence-electron chi connectivity index (χ0n) is 27.1. The first kappa shape index (κ1) is 35.2. The average molecular weight is 668 g/mol. The van der Waals surface area contributed by atoms with Crippen molar-refractivity contribution in [3.63, 3.8) is 0 Å². The van der Waals surface area contributed by atoms with Crippen molar-refractivity contribution in [3.8, 4) is 5.75 Å². The van der Waals surface area contributed by atoms with E-state index in [0.29, 0.717) is 18.5 Å². The molecular weight excluding hydrogens is 623 g/mol. The highest BCUT2D eigenvalue weighted by Gasteiger charge is 2.63. The van der Waals surface area contributed by atoms with Crippen LogP contribution >= 0.6 is 24.0 Å². The average Bonchev–Trinajstić information content (AvgIpc) is 3.95. The Kier molecular flexibility index (Phi) is 11.4. The van der Waals surface area contributed by atoms with Gasteiger partial charge in [0.25, 0.3) is 0 Å². The smallest absolute Gasteiger partial charge is 0.250 e. The third-order valence-electron chi connectivity index (χ3n) is 8.94. The van der Waals surface area contributed by atoms with Crippen LogP contribution in [0.1, 0.15) is 70.9 Å². The van der Waals surface area contributed by atoms with E-state index >= 15 is 0 Å². The van der Waals surface area contributed by atoms with Gasteiger partial charge in [-0.15, -0.1) is 0 Å². The fourth-order valence-electron chi connectivity index (χ4n) is 5.97. The first-order chi connectivity index (χ1) is 21.9. The normalized spacial score (nSPS) is 22.8. The summed E-state index contributed by atoms with van der Waals surface area (Å²) in [5, 5.41) is 21.1. The second-order valence-corrected chi connectivity index (χ2v) is 14.0. The lowest BCUT2D eigenvalue weighted by Crippen LogP contribution is -2.54. The van der Waals surface area contributed by atoms with E-state index in [1.807, 2.05) is 38.1 Å². The molecule has 0 radical (unpaired) electrons. The maximum Gasteiger partial charge on any atom is 0.250 e. The molecule has 4 amide bonds. The number of hydrogen-bond acceptors (Lipinski definition) is 7. The van der Waals surface area contributed by atoms with Gasteiger partial charge in [-0.2, -0.15) is 0 Å². The molecule has 2 fully saturated rings. The summed E-state index contributed by atoms with van der Waals surface area (Å²) in [7, 11) is 0.